The quantitative estimate of drug-likeness (QED) is 0.526. The Balaban J connectivity index is 2.94. The molecule has 0 fully saturated rings. The summed E-state index contributed by atoms with van der Waals surface area (Å²) in [4.78, 5) is 0. The molecule has 0 radical (unpaired) electrons. The van der Waals surface area contributed by atoms with E-state index in [1.807, 2.05) is 0 Å². The molecule has 0 aromatic rings. The van der Waals surface area contributed by atoms with Gasteiger partial charge in [0.1, 0.15) is 0 Å². The lowest BCUT2D eigenvalue weighted by Crippen LogP contribution is -2.29. The van der Waals surface area contributed by atoms with Crippen molar-refractivity contribution in [1.82, 2.24) is 0 Å². The summed E-state index contributed by atoms with van der Waals surface area (Å²) in [6.45, 7) is 21.5. The molecule has 0 nitrogen and oxygen atoms in total. The molecule has 0 aromatic heterocycles. The maximum Gasteiger partial charge on any atom is 0.00278 e. The molecule has 0 N–H and O–H groups in total. The van der Waals surface area contributed by atoms with E-state index in [-0.39, 0.29) is 7.92 Å². The Morgan fingerprint density at radius 3 is 1.74 bits per heavy atom. The van der Waals surface area contributed by atoms with Crippen molar-refractivity contribution >= 4 is 7.92 Å². The molecule has 0 spiro atoms. The molecule has 19 heavy (non-hydrogen) atoms. The summed E-state index contributed by atoms with van der Waals surface area (Å²) in [7, 11) is -0.0196. The maximum absolute atomic E-state index is 2.42. The third-order valence-corrected chi connectivity index (χ3v) is 7.88. The predicted molar refractivity (Wildman–Crippen MR) is 91.5 cm³/mol. The van der Waals surface area contributed by atoms with Crippen molar-refractivity contribution in [3.05, 3.63) is 23.8 Å². The van der Waals surface area contributed by atoms with E-state index in [0.29, 0.717) is 21.6 Å². The zero-order valence-electron chi connectivity index (χ0n) is 14.5. The first-order valence-corrected chi connectivity index (χ1v) is 9.03. The Morgan fingerprint density at radius 1 is 0.895 bits per heavy atom. The Morgan fingerprint density at radius 2 is 1.37 bits per heavy atom. The largest absolute Gasteiger partial charge is 0.0947 e. The Kier molecular flexibility index (Phi) is 4.79. The highest BCUT2D eigenvalue weighted by molar-refractivity contribution is 7.60. The number of hydrogen-bond acceptors (Lipinski definition) is 0. The first-order chi connectivity index (χ1) is 8.33. The fourth-order valence-electron chi connectivity index (χ4n) is 3.24. The summed E-state index contributed by atoms with van der Waals surface area (Å²) < 4.78 is 0. The van der Waals surface area contributed by atoms with Crippen molar-refractivity contribution < 1.29 is 0 Å². The van der Waals surface area contributed by atoms with Crippen molar-refractivity contribution in [2.45, 2.75) is 72.6 Å². The van der Waals surface area contributed by atoms with Gasteiger partial charge < -0.3 is 0 Å². The second kappa shape index (κ2) is 5.36. The summed E-state index contributed by atoms with van der Waals surface area (Å²) in [5, 5.41) is 0.847. The lowest BCUT2D eigenvalue weighted by molar-refractivity contribution is 0.466. The minimum atomic E-state index is -0.0196. The van der Waals surface area contributed by atoms with Crippen LogP contribution in [-0.2, 0) is 0 Å². The molecule has 1 rings (SSSR count). The Hall–Kier alpha value is -0.0900. The van der Waals surface area contributed by atoms with Crippen LogP contribution in [0.4, 0.5) is 0 Å². The smallest absolute Gasteiger partial charge is 0.00278 e. The SMILES string of the molecule is CC(C)(C)C1=CC=CC1CP(C(C)(C)C)C(C)(C)C. The van der Waals surface area contributed by atoms with Crippen molar-refractivity contribution in [3.63, 3.8) is 0 Å². The van der Waals surface area contributed by atoms with Gasteiger partial charge in [-0.3, -0.25) is 0 Å². The summed E-state index contributed by atoms with van der Waals surface area (Å²) in [5.74, 6) is 0.657. The molecular weight excluding hydrogens is 247 g/mol. The standard InChI is InChI=1S/C18H33P/c1-16(2,3)15-12-10-11-14(15)13-19(17(4,5)6)18(7,8)9/h10-12,14H,13H2,1-9H3. The first-order valence-electron chi connectivity index (χ1n) is 7.50. The molecule has 0 aromatic carbocycles. The van der Waals surface area contributed by atoms with Crippen LogP contribution in [0.1, 0.15) is 62.3 Å². The van der Waals surface area contributed by atoms with Gasteiger partial charge in [-0.1, -0.05) is 94.0 Å². The number of hydrogen-bond donors (Lipinski definition) is 0. The molecule has 0 heterocycles. The molecular formula is C18H33P. The predicted octanol–water partition coefficient (Wildman–Crippen LogP) is 6.22. The Labute approximate surface area is 122 Å². The van der Waals surface area contributed by atoms with E-state index in [4.69, 9.17) is 0 Å². The van der Waals surface area contributed by atoms with Gasteiger partial charge in [0.15, 0.2) is 0 Å². The molecule has 0 aliphatic heterocycles. The molecule has 0 saturated carbocycles. The lowest BCUT2D eigenvalue weighted by atomic mass is 9.81. The van der Waals surface area contributed by atoms with E-state index < -0.39 is 0 Å². The highest BCUT2D eigenvalue weighted by Crippen LogP contribution is 2.61. The van der Waals surface area contributed by atoms with Crippen LogP contribution in [0.5, 0.6) is 0 Å². The molecule has 1 aliphatic carbocycles. The van der Waals surface area contributed by atoms with Crippen LogP contribution in [0.25, 0.3) is 0 Å². The molecule has 0 amide bonds. The van der Waals surface area contributed by atoms with Gasteiger partial charge in [-0.25, -0.2) is 0 Å². The van der Waals surface area contributed by atoms with Crippen LogP contribution in [0.3, 0.4) is 0 Å². The lowest BCUT2D eigenvalue weighted by Gasteiger charge is -2.44. The second-order valence-corrected chi connectivity index (χ2v) is 12.7. The highest BCUT2D eigenvalue weighted by Gasteiger charge is 2.37. The minimum Gasteiger partial charge on any atom is -0.0947 e. The molecule has 1 unspecified atom stereocenters. The van der Waals surface area contributed by atoms with Gasteiger partial charge in [-0.2, -0.15) is 0 Å². The van der Waals surface area contributed by atoms with Gasteiger partial charge >= 0.3 is 0 Å². The molecule has 0 bridgehead atoms. The third kappa shape index (κ3) is 4.45. The number of rotatable bonds is 2. The summed E-state index contributed by atoms with van der Waals surface area (Å²) in [5.41, 5.74) is 1.92. The first kappa shape index (κ1) is 17.0. The van der Waals surface area contributed by atoms with Gasteiger partial charge in [0.2, 0.25) is 0 Å². The van der Waals surface area contributed by atoms with Crippen molar-refractivity contribution in [2.75, 3.05) is 6.16 Å². The van der Waals surface area contributed by atoms with Gasteiger partial charge in [0, 0.05) is 5.92 Å². The van der Waals surface area contributed by atoms with Crippen LogP contribution in [-0.4, -0.2) is 16.5 Å². The third-order valence-electron chi connectivity index (χ3n) is 3.88. The minimum absolute atomic E-state index is 0.0196. The normalized spacial score (nSPS) is 21.2. The van der Waals surface area contributed by atoms with E-state index in [9.17, 15) is 0 Å². The average molecular weight is 280 g/mol. The Bertz CT molecular complexity index is 352. The zero-order valence-corrected chi connectivity index (χ0v) is 15.4. The van der Waals surface area contributed by atoms with Gasteiger partial charge in [-0.05, 0) is 21.9 Å². The summed E-state index contributed by atoms with van der Waals surface area (Å²) in [6, 6.07) is 0. The van der Waals surface area contributed by atoms with Crippen LogP contribution in [0, 0.1) is 11.3 Å². The van der Waals surface area contributed by atoms with Crippen LogP contribution in [0.2, 0.25) is 0 Å². The van der Waals surface area contributed by atoms with Crippen molar-refractivity contribution in [3.8, 4) is 0 Å². The molecule has 110 valence electrons. The summed E-state index contributed by atoms with van der Waals surface area (Å²) in [6.07, 6.45) is 8.38. The van der Waals surface area contributed by atoms with Crippen molar-refractivity contribution in [2.24, 2.45) is 11.3 Å². The fraction of sp³-hybridized carbons (Fsp3) is 0.778. The van der Waals surface area contributed by atoms with E-state index in [2.05, 4.69) is 80.5 Å². The topological polar surface area (TPSA) is 0 Å². The average Bonchev–Trinajstić information content (AvgIpc) is 2.56. The van der Waals surface area contributed by atoms with Gasteiger partial charge in [-0.15, -0.1) is 0 Å². The van der Waals surface area contributed by atoms with Gasteiger partial charge in [0.05, 0.1) is 0 Å². The van der Waals surface area contributed by atoms with E-state index in [1.165, 1.54) is 6.16 Å². The van der Waals surface area contributed by atoms with E-state index in [0.717, 1.165) is 0 Å². The molecule has 1 atom stereocenters. The zero-order chi connectivity index (χ0) is 15.1. The van der Waals surface area contributed by atoms with Crippen LogP contribution in [0.15, 0.2) is 23.8 Å². The van der Waals surface area contributed by atoms with Crippen LogP contribution >= 0.6 is 7.92 Å². The van der Waals surface area contributed by atoms with E-state index >= 15 is 0 Å². The van der Waals surface area contributed by atoms with Crippen molar-refractivity contribution in [1.29, 1.82) is 0 Å². The highest BCUT2D eigenvalue weighted by atomic mass is 31.1. The number of allylic oxidation sites excluding steroid dienone is 4. The maximum atomic E-state index is 2.42. The van der Waals surface area contributed by atoms with Gasteiger partial charge in [0.25, 0.3) is 0 Å². The van der Waals surface area contributed by atoms with E-state index in [1.54, 1.807) is 5.57 Å². The molecule has 1 heteroatoms. The molecule has 1 aliphatic rings. The fourth-order valence-corrected chi connectivity index (χ4v) is 7.06. The monoisotopic (exact) mass is 280 g/mol. The second-order valence-electron chi connectivity index (χ2n) is 8.82. The van der Waals surface area contributed by atoms with Crippen LogP contribution < -0.4 is 0 Å². The molecule has 0 saturated heterocycles. The summed E-state index contributed by atoms with van der Waals surface area (Å²) >= 11 is 0.